The number of hydrogen-bond donors (Lipinski definition) is 1. The average molecular weight is 307 g/mol. The van der Waals surface area contributed by atoms with E-state index in [0.29, 0.717) is 13.2 Å². The van der Waals surface area contributed by atoms with E-state index < -0.39 is 5.41 Å². The van der Waals surface area contributed by atoms with Crippen molar-refractivity contribution in [1.82, 2.24) is 0 Å². The lowest BCUT2D eigenvalue weighted by Crippen LogP contribution is -2.37. The molecule has 1 amide bonds. The zero-order valence-corrected chi connectivity index (χ0v) is 13.1. The standard InChI is InChI=1S/C19H17NO3/c1-18(2)9-22-15-8-16-13(7-12(15)18)19(10-23-16)11-5-3-4-6-14(11)20-17(19)21/h3-8H,9-10H2,1-2H3,(H,20,21). The number of ether oxygens (including phenoxy) is 2. The van der Waals surface area contributed by atoms with Crippen LogP contribution in [0.2, 0.25) is 0 Å². The molecule has 23 heavy (non-hydrogen) atoms. The zero-order valence-electron chi connectivity index (χ0n) is 13.1. The van der Waals surface area contributed by atoms with Gasteiger partial charge >= 0.3 is 0 Å². The third kappa shape index (κ3) is 1.44. The van der Waals surface area contributed by atoms with E-state index in [1.54, 1.807) is 0 Å². The number of carbonyl (C=O) groups is 1. The topological polar surface area (TPSA) is 47.6 Å². The highest BCUT2D eigenvalue weighted by Gasteiger charge is 2.54. The SMILES string of the molecule is CC1(C)COc2cc3c(cc21)C1(CO3)C(=O)Nc2ccccc21. The van der Waals surface area contributed by atoms with Gasteiger partial charge in [-0.05, 0) is 17.7 Å². The summed E-state index contributed by atoms with van der Waals surface area (Å²) in [7, 11) is 0. The molecule has 0 saturated carbocycles. The number of anilines is 1. The first-order valence-corrected chi connectivity index (χ1v) is 7.88. The fourth-order valence-electron chi connectivity index (χ4n) is 3.99. The van der Waals surface area contributed by atoms with E-state index in [0.717, 1.165) is 33.9 Å². The molecule has 1 N–H and O–H groups in total. The van der Waals surface area contributed by atoms with Gasteiger partial charge in [-0.25, -0.2) is 0 Å². The number of fused-ring (bicyclic) bond motifs is 5. The van der Waals surface area contributed by atoms with Gasteiger partial charge in [0, 0.05) is 28.3 Å². The van der Waals surface area contributed by atoms with Crippen LogP contribution in [-0.4, -0.2) is 19.1 Å². The Labute approximate surface area is 134 Å². The number of carbonyl (C=O) groups excluding carboxylic acids is 1. The van der Waals surface area contributed by atoms with Gasteiger partial charge in [-0.1, -0.05) is 32.0 Å². The lowest BCUT2D eigenvalue weighted by molar-refractivity contribution is -0.119. The van der Waals surface area contributed by atoms with Crippen LogP contribution in [0.5, 0.6) is 11.5 Å². The summed E-state index contributed by atoms with van der Waals surface area (Å²) >= 11 is 0. The fourth-order valence-corrected chi connectivity index (χ4v) is 3.99. The van der Waals surface area contributed by atoms with E-state index in [4.69, 9.17) is 9.47 Å². The van der Waals surface area contributed by atoms with Crippen molar-refractivity contribution in [3.8, 4) is 11.5 Å². The highest BCUT2D eigenvalue weighted by molar-refractivity contribution is 6.09. The molecule has 0 aromatic heterocycles. The molecule has 0 bridgehead atoms. The molecule has 1 unspecified atom stereocenters. The molecular weight excluding hydrogens is 290 g/mol. The molecule has 0 saturated heterocycles. The van der Waals surface area contributed by atoms with Crippen LogP contribution in [0.4, 0.5) is 5.69 Å². The predicted molar refractivity (Wildman–Crippen MR) is 86.3 cm³/mol. The third-order valence-electron chi connectivity index (χ3n) is 5.33. The van der Waals surface area contributed by atoms with Gasteiger partial charge in [0.25, 0.3) is 0 Å². The Morgan fingerprint density at radius 3 is 2.57 bits per heavy atom. The molecule has 116 valence electrons. The number of benzene rings is 2. The number of rotatable bonds is 0. The normalized spacial score (nSPS) is 25.4. The summed E-state index contributed by atoms with van der Waals surface area (Å²) in [6.07, 6.45) is 0. The van der Waals surface area contributed by atoms with Gasteiger partial charge in [-0.2, -0.15) is 0 Å². The Hall–Kier alpha value is -2.49. The molecule has 1 atom stereocenters. The quantitative estimate of drug-likeness (QED) is 0.814. The molecule has 5 rings (SSSR count). The summed E-state index contributed by atoms with van der Waals surface area (Å²) in [5.74, 6) is 1.62. The number of amides is 1. The summed E-state index contributed by atoms with van der Waals surface area (Å²) in [6.45, 7) is 5.32. The molecule has 2 aromatic carbocycles. The second-order valence-electron chi connectivity index (χ2n) is 7.21. The van der Waals surface area contributed by atoms with Crippen molar-refractivity contribution in [2.75, 3.05) is 18.5 Å². The Morgan fingerprint density at radius 1 is 0.957 bits per heavy atom. The number of nitrogens with one attached hydrogen (secondary N) is 1. The maximum atomic E-state index is 12.9. The fraction of sp³-hybridized carbons (Fsp3) is 0.316. The van der Waals surface area contributed by atoms with Gasteiger partial charge in [0.05, 0.1) is 6.61 Å². The van der Waals surface area contributed by atoms with Gasteiger partial charge in [0.15, 0.2) is 0 Å². The predicted octanol–water partition coefficient (Wildman–Crippen LogP) is 2.99. The van der Waals surface area contributed by atoms with Gasteiger partial charge in [-0.15, -0.1) is 0 Å². The summed E-state index contributed by atoms with van der Waals surface area (Å²) in [6, 6.07) is 11.9. The smallest absolute Gasteiger partial charge is 0.243 e. The van der Waals surface area contributed by atoms with Crippen molar-refractivity contribution >= 4 is 11.6 Å². The third-order valence-corrected chi connectivity index (χ3v) is 5.33. The van der Waals surface area contributed by atoms with Gasteiger partial charge < -0.3 is 14.8 Å². The molecule has 0 fully saturated rings. The van der Waals surface area contributed by atoms with Crippen LogP contribution < -0.4 is 14.8 Å². The highest BCUT2D eigenvalue weighted by atomic mass is 16.5. The second-order valence-corrected chi connectivity index (χ2v) is 7.21. The van der Waals surface area contributed by atoms with Crippen molar-refractivity contribution in [2.24, 2.45) is 0 Å². The van der Waals surface area contributed by atoms with E-state index in [1.165, 1.54) is 0 Å². The minimum Gasteiger partial charge on any atom is -0.492 e. The van der Waals surface area contributed by atoms with Crippen LogP contribution in [0.3, 0.4) is 0 Å². The molecule has 0 aliphatic carbocycles. The van der Waals surface area contributed by atoms with Crippen LogP contribution >= 0.6 is 0 Å². The van der Waals surface area contributed by atoms with Crippen molar-refractivity contribution in [2.45, 2.75) is 24.7 Å². The maximum Gasteiger partial charge on any atom is 0.243 e. The summed E-state index contributed by atoms with van der Waals surface area (Å²) in [4.78, 5) is 12.9. The van der Waals surface area contributed by atoms with Gasteiger partial charge in [0.1, 0.15) is 23.5 Å². The van der Waals surface area contributed by atoms with E-state index in [1.807, 2.05) is 30.3 Å². The first-order chi connectivity index (χ1) is 11.0. The van der Waals surface area contributed by atoms with Crippen LogP contribution in [0.15, 0.2) is 36.4 Å². The van der Waals surface area contributed by atoms with E-state index in [-0.39, 0.29) is 11.3 Å². The van der Waals surface area contributed by atoms with Crippen LogP contribution in [0.1, 0.15) is 30.5 Å². The number of para-hydroxylation sites is 1. The molecular formula is C19H17NO3. The molecule has 3 heterocycles. The van der Waals surface area contributed by atoms with Crippen LogP contribution in [0, 0.1) is 0 Å². The van der Waals surface area contributed by atoms with Crippen LogP contribution in [-0.2, 0) is 15.6 Å². The summed E-state index contributed by atoms with van der Waals surface area (Å²) in [5, 5.41) is 3.01. The lowest BCUT2D eigenvalue weighted by atomic mass is 9.75. The van der Waals surface area contributed by atoms with E-state index >= 15 is 0 Å². The zero-order chi connectivity index (χ0) is 15.8. The van der Waals surface area contributed by atoms with Crippen molar-refractivity contribution in [1.29, 1.82) is 0 Å². The molecule has 3 aliphatic heterocycles. The van der Waals surface area contributed by atoms with Gasteiger partial charge in [0.2, 0.25) is 5.91 Å². The Bertz CT molecular complexity index is 871. The monoisotopic (exact) mass is 307 g/mol. The van der Waals surface area contributed by atoms with E-state index in [2.05, 4.69) is 25.2 Å². The minimum atomic E-state index is -0.736. The van der Waals surface area contributed by atoms with Crippen molar-refractivity contribution < 1.29 is 14.3 Å². The molecule has 4 heteroatoms. The molecule has 3 aliphatic rings. The highest BCUT2D eigenvalue weighted by Crippen LogP contribution is 2.53. The van der Waals surface area contributed by atoms with Crippen LogP contribution in [0.25, 0.3) is 0 Å². The lowest BCUT2D eigenvalue weighted by Gasteiger charge is -2.22. The first kappa shape index (κ1) is 13.0. The first-order valence-electron chi connectivity index (χ1n) is 7.88. The Balaban J connectivity index is 1.79. The number of hydrogen-bond acceptors (Lipinski definition) is 3. The maximum absolute atomic E-state index is 12.9. The van der Waals surface area contributed by atoms with Gasteiger partial charge in [-0.3, -0.25) is 4.79 Å². The molecule has 0 radical (unpaired) electrons. The van der Waals surface area contributed by atoms with Crippen molar-refractivity contribution in [3.05, 3.63) is 53.1 Å². The van der Waals surface area contributed by atoms with E-state index in [9.17, 15) is 4.79 Å². The molecule has 2 aromatic rings. The molecule has 4 nitrogen and oxygen atoms in total. The second kappa shape index (κ2) is 3.88. The largest absolute Gasteiger partial charge is 0.492 e. The summed E-state index contributed by atoms with van der Waals surface area (Å²) in [5.41, 5.74) is 3.20. The summed E-state index contributed by atoms with van der Waals surface area (Å²) < 4.78 is 11.7. The molecule has 1 spiro atoms. The Kier molecular flexibility index (Phi) is 2.19. The average Bonchev–Trinajstić information content (AvgIpc) is 3.14. The Morgan fingerprint density at radius 2 is 1.70 bits per heavy atom. The minimum absolute atomic E-state index is 0.00544. The van der Waals surface area contributed by atoms with Crippen molar-refractivity contribution in [3.63, 3.8) is 0 Å².